The molecule has 6 heteroatoms. The first-order valence-corrected chi connectivity index (χ1v) is 8.92. The molecule has 1 unspecified atom stereocenters. The van der Waals surface area contributed by atoms with E-state index in [9.17, 15) is 4.79 Å². The van der Waals surface area contributed by atoms with Crippen molar-refractivity contribution in [3.63, 3.8) is 0 Å². The lowest BCUT2D eigenvalue weighted by atomic mass is 10.1. The zero-order chi connectivity index (χ0) is 17.3. The van der Waals surface area contributed by atoms with E-state index in [0.717, 1.165) is 22.2 Å². The van der Waals surface area contributed by atoms with Gasteiger partial charge in [0.2, 0.25) is 0 Å². The van der Waals surface area contributed by atoms with Gasteiger partial charge in [0.1, 0.15) is 5.76 Å². The summed E-state index contributed by atoms with van der Waals surface area (Å²) in [5, 5.41) is 0. The minimum absolute atomic E-state index is 0.00764. The second-order valence-electron chi connectivity index (χ2n) is 5.82. The van der Waals surface area contributed by atoms with Gasteiger partial charge in [0, 0.05) is 9.61 Å². The van der Waals surface area contributed by atoms with Crippen molar-refractivity contribution in [2.75, 3.05) is 14.2 Å². The Morgan fingerprint density at radius 1 is 1.29 bits per heavy atom. The van der Waals surface area contributed by atoms with E-state index in [4.69, 9.17) is 13.9 Å². The number of amides is 1. The van der Waals surface area contributed by atoms with Crippen LogP contribution >= 0.6 is 22.6 Å². The molecule has 0 saturated heterocycles. The number of carbonyl (C=O) groups is 1. The third kappa shape index (κ3) is 3.24. The van der Waals surface area contributed by atoms with Crippen LogP contribution in [0.2, 0.25) is 0 Å². The maximum Gasteiger partial charge on any atom is 0.255 e. The maximum atomic E-state index is 13.2. The van der Waals surface area contributed by atoms with Gasteiger partial charge in [-0.3, -0.25) is 4.79 Å². The number of carbonyl (C=O) groups excluding carboxylic acids is 1. The molecule has 0 radical (unpaired) electrons. The van der Waals surface area contributed by atoms with Crippen LogP contribution in [0.3, 0.4) is 0 Å². The first kappa shape index (κ1) is 17.1. The monoisotopic (exact) mass is 441 g/mol. The summed E-state index contributed by atoms with van der Waals surface area (Å²) in [5.74, 6) is 1.97. The van der Waals surface area contributed by atoms with Crippen molar-refractivity contribution in [3.05, 3.63) is 45.4 Å². The fraction of sp³-hybridized carbons (Fsp3) is 0.389. The first-order chi connectivity index (χ1) is 11.6. The number of furan rings is 1. The van der Waals surface area contributed by atoms with Crippen molar-refractivity contribution >= 4 is 28.5 Å². The van der Waals surface area contributed by atoms with Crippen LogP contribution in [0.1, 0.15) is 41.9 Å². The van der Waals surface area contributed by atoms with Gasteiger partial charge in [0.15, 0.2) is 11.5 Å². The van der Waals surface area contributed by atoms with E-state index >= 15 is 0 Å². The van der Waals surface area contributed by atoms with Gasteiger partial charge in [-0.25, -0.2) is 0 Å². The highest BCUT2D eigenvalue weighted by atomic mass is 127. The highest BCUT2D eigenvalue weighted by molar-refractivity contribution is 14.1. The third-order valence-electron chi connectivity index (χ3n) is 4.25. The molecule has 1 aromatic heterocycles. The molecule has 0 aliphatic heterocycles. The number of hydrogen-bond donors (Lipinski definition) is 0. The summed E-state index contributed by atoms with van der Waals surface area (Å²) >= 11 is 2.17. The number of halogens is 1. The molecule has 2 aromatic rings. The van der Waals surface area contributed by atoms with Crippen LogP contribution in [0.4, 0.5) is 0 Å². The van der Waals surface area contributed by atoms with Crippen LogP contribution in [0.5, 0.6) is 11.5 Å². The van der Waals surface area contributed by atoms with Crippen LogP contribution in [-0.4, -0.2) is 31.1 Å². The fourth-order valence-electron chi connectivity index (χ4n) is 2.83. The molecular weight excluding hydrogens is 421 g/mol. The van der Waals surface area contributed by atoms with Crippen molar-refractivity contribution in [2.45, 2.75) is 31.8 Å². The van der Waals surface area contributed by atoms with Gasteiger partial charge in [-0.2, -0.15) is 0 Å². The summed E-state index contributed by atoms with van der Waals surface area (Å²) in [4.78, 5) is 15.2. The van der Waals surface area contributed by atoms with Crippen LogP contribution in [-0.2, 0) is 0 Å². The predicted molar refractivity (Wildman–Crippen MR) is 98.6 cm³/mol. The summed E-state index contributed by atoms with van der Waals surface area (Å²) < 4.78 is 17.0. The predicted octanol–water partition coefficient (Wildman–Crippen LogP) is 4.27. The van der Waals surface area contributed by atoms with Crippen molar-refractivity contribution in [3.8, 4) is 11.5 Å². The lowest BCUT2D eigenvalue weighted by Gasteiger charge is -2.28. The van der Waals surface area contributed by atoms with Crippen LogP contribution < -0.4 is 9.47 Å². The molecular formula is C18H20INO4. The number of ether oxygens (including phenoxy) is 2. The molecule has 1 atom stereocenters. The van der Waals surface area contributed by atoms with Gasteiger partial charge in [-0.15, -0.1) is 0 Å². The molecule has 24 heavy (non-hydrogen) atoms. The second-order valence-corrected chi connectivity index (χ2v) is 6.98. The average molecular weight is 441 g/mol. The molecule has 1 aliphatic carbocycles. The normalized spacial score (nSPS) is 15.0. The molecule has 0 bridgehead atoms. The quantitative estimate of drug-likeness (QED) is 0.629. The van der Waals surface area contributed by atoms with Crippen LogP contribution in [0.25, 0.3) is 0 Å². The summed E-state index contributed by atoms with van der Waals surface area (Å²) in [5.41, 5.74) is 0.624. The molecule has 1 aromatic carbocycles. The first-order valence-electron chi connectivity index (χ1n) is 7.84. The molecule has 128 valence electrons. The van der Waals surface area contributed by atoms with Crippen LogP contribution in [0, 0.1) is 3.57 Å². The molecule has 1 amide bonds. The van der Waals surface area contributed by atoms with Crippen molar-refractivity contribution < 1.29 is 18.7 Å². The SMILES string of the molecule is COc1cc(I)c(C(=O)N(C2CC2)C(C)c2ccco2)cc1OC. The molecule has 0 spiro atoms. The number of rotatable bonds is 6. The Bertz CT molecular complexity index is 725. The summed E-state index contributed by atoms with van der Waals surface area (Å²) in [6, 6.07) is 7.50. The Balaban J connectivity index is 1.96. The Morgan fingerprint density at radius 2 is 1.96 bits per heavy atom. The Hall–Kier alpha value is -1.70. The maximum absolute atomic E-state index is 13.2. The molecule has 1 aliphatic rings. The number of methoxy groups -OCH3 is 2. The molecule has 1 heterocycles. The highest BCUT2D eigenvalue weighted by Gasteiger charge is 2.38. The summed E-state index contributed by atoms with van der Waals surface area (Å²) in [7, 11) is 3.16. The van der Waals surface area contributed by atoms with E-state index < -0.39 is 0 Å². The molecule has 5 nitrogen and oxygen atoms in total. The van der Waals surface area contributed by atoms with Gasteiger partial charge in [-0.05, 0) is 66.6 Å². The van der Waals surface area contributed by atoms with E-state index in [1.54, 1.807) is 26.5 Å². The summed E-state index contributed by atoms with van der Waals surface area (Å²) in [6.45, 7) is 2.00. The zero-order valence-corrected chi connectivity index (χ0v) is 16.1. The van der Waals surface area contributed by atoms with E-state index in [-0.39, 0.29) is 18.0 Å². The molecule has 0 N–H and O–H groups in total. The van der Waals surface area contributed by atoms with Crippen molar-refractivity contribution in [2.24, 2.45) is 0 Å². The van der Waals surface area contributed by atoms with Gasteiger partial charge < -0.3 is 18.8 Å². The van der Waals surface area contributed by atoms with Crippen LogP contribution in [0.15, 0.2) is 34.9 Å². The minimum atomic E-state index is -0.108. The topological polar surface area (TPSA) is 51.9 Å². The fourth-order valence-corrected chi connectivity index (χ4v) is 3.50. The van der Waals surface area contributed by atoms with E-state index in [1.165, 1.54) is 0 Å². The number of nitrogens with zero attached hydrogens (tertiary/aromatic N) is 1. The van der Waals surface area contributed by atoms with Gasteiger partial charge in [-0.1, -0.05) is 0 Å². The minimum Gasteiger partial charge on any atom is -0.493 e. The largest absolute Gasteiger partial charge is 0.493 e. The average Bonchev–Trinajstić information content (AvgIpc) is 3.25. The molecule has 1 saturated carbocycles. The lowest BCUT2D eigenvalue weighted by Crippen LogP contribution is -2.35. The van der Waals surface area contributed by atoms with E-state index in [0.29, 0.717) is 17.1 Å². The smallest absolute Gasteiger partial charge is 0.255 e. The third-order valence-corrected chi connectivity index (χ3v) is 5.14. The Labute approximate surface area is 155 Å². The molecule has 3 rings (SSSR count). The van der Waals surface area contributed by atoms with E-state index in [2.05, 4.69) is 22.6 Å². The highest BCUT2D eigenvalue weighted by Crippen LogP contribution is 2.38. The second kappa shape index (κ2) is 7.04. The van der Waals surface area contributed by atoms with Gasteiger partial charge in [0.25, 0.3) is 5.91 Å². The standard InChI is InChI=1S/C18H20INO4/c1-11(15-5-4-8-24-15)20(12-6-7-12)18(21)13-9-16(22-2)17(23-3)10-14(13)19/h4-5,8-12H,6-7H2,1-3H3. The number of benzene rings is 1. The van der Waals surface area contributed by atoms with Gasteiger partial charge >= 0.3 is 0 Å². The lowest BCUT2D eigenvalue weighted by molar-refractivity contribution is 0.0651. The molecule has 1 fully saturated rings. The summed E-state index contributed by atoms with van der Waals surface area (Å²) in [6.07, 6.45) is 3.70. The Kier molecular flexibility index (Phi) is 5.03. The van der Waals surface area contributed by atoms with E-state index in [1.807, 2.05) is 30.0 Å². The zero-order valence-electron chi connectivity index (χ0n) is 13.9. The van der Waals surface area contributed by atoms with Crippen molar-refractivity contribution in [1.29, 1.82) is 0 Å². The van der Waals surface area contributed by atoms with Crippen molar-refractivity contribution in [1.82, 2.24) is 4.90 Å². The number of hydrogen-bond acceptors (Lipinski definition) is 4. The van der Waals surface area contributed by atoms with Gasteiger partial charge in [0.05, 0.1) is 32.1 Å². The Morgan fingerprint density at radius 3 is 2.50 bits per heavy atom.